The zero-order valence-corrected chi connectivity index (χ0v) is 13.6. The van der Waals surface area contributed by atoms with Gasteiger partial charge < -0.3 is 5.73 Å². The number of amides is 1. The number of carbonyl (C=O) groups excluding carboxylic acids is 1. The molecule has 0 aliphatic carbocycles. The quantitative estimate of drug-likeness (QED) is 0.928. The Balaban J connectivity index is 2.05. The second-order valence-electron chi connectivity index (χ2n) is 5.75. The average Bonchev–Trinajstić information content (AvgIpc) is 2.54. The molecule has 0 spiro atoms. The number of fused-ring (bicyclic) bond motifs is 1. The number of carbonyl (C=O) groups is 1. The zero-order valence-electron chi connectivity index (χ0n) is 12.8. The van der Waals surface area contributed by atoms with Gasteiger partial charge in [0.25, 0.3) is 0 Å². The molecule has 0 saturated carbocycles. The summed E-state index contributed by atoms with van der Waals surface area (Å²) < 4.78 is 27.1. The molecular weight excluding hydrogens is 312 g/mol. The van der Waals surface area contributed by atoms with Gasteiger partial charge in [0, 0.05) is 6.54 Å². The second kappa shape index (κ2) is 5.79. The minimum Gasteiger partial charge on any atom is -0.368 e. The van der Waals surface area contributed by atoms with E-state index in [2.05, 4.69) is 0 Å². The van der Waals surface area contributed by atoms with Crippen molar-refractivity contribution in [1.29, 1.82) is 0 Å². The molecule has 5 nitrogen and oxygen atoms in total. The largest absolute Gasteiger partial charge is 0.368 e. The molecule has 2 aromatic rings. The summed E-state index contributed by atoms with van der Waals surface area (Å²) in [7, 11) is -3.78. The number of hydrogen-bond acceptors (Lipinski definition) is 3. The third kappa shape index (κ3) is 2.87. The average molecular weight is 330 g/mol. The van der Waals surface area contributed by atoms with Crippen molar-refractivity contribution in [2.24, 2.45) is 5.73 Å². The fourth-order valence-electron chi connectivity index (χ4n) is 2.84. The Kier molecular flexibility index (Phi) is 3.95. The number of nitrogens with two attached hydrogens (primary N) is 1. The van der Waals surface area contributed by atoms with Gasteiger partial charge in [0.1, 0.15) is 6.04 Å². The van der Waals surface area contributed by atoms with Crippen LogP contribution in [0.25, 0.3) is 0 Å². The van der Waals surface area contributed by atoms with Gasteiger partial charge in [-0.1, -0.05) is 42.0 Å². The number of primary amides is 1. The molecule has 0 saturated heterocycles. The molecular formula is C17H18N2O3S. The summed E-state index contributed by atoms with van der Waals surface area (Å²) in [6.07, 6.45) is 0.302. The van der Waals surface area contributed by atoms with Gasteiger partial charge in [-0.2, -0.15) is 4.31 Å². The number of rotatable bonds is 3. The molecule has 2 aromatic carbocycles. The lowest BCUT2D eigenvalue weighted by Crippen LogP contribution is -2.50. The van der Waals surface area contributed by atoms with Crippen molar-refractivity contribution in [3.05, 3.63) is 65.2 Å². The summed E-state index contributed by atoms with van der Waals surface area (Å²) in [5.41, 5.74) is 8.31. The molecule has 3 rings (SSSR count). The Hall–Kier alpha value is -2.18. The molecule has 1 heterocycles. The Labute approximate surface area is 135 Å². The van der Waals surface area contributed by atoms with Crippen LogP contribution >= 0.6 is 0 Å². The minimum atomic E-state index is -3.78. The summed E-state index contributed by atoms with van der Waals surface area (Å²) in [5.74, 6) is -0.629. The molecule has 1 aliphatic heterocycles. The number of hydrogen-bond donors (Lipinski definition) is 1. The molecule has 1 aliphatic rings. The van der Waals surface area contributed by atoms with Crippen LogP contribution < -0.4 is 5.73 Å². The van der Waals surface area contributed by atoms with Gasteiger partial charge in [0.05, 0.1) is 4.90 Å². The van der Waals surface area contributed by atoms with E-state index >= 15 is 0 Å². The smallest absolute Gasteiger partial charge is 0.244 e. The van der Waals surface area contributed by atoms with Crippen molar-refractivity contribution in [1.82, 2.24) is 4.31 Å². The third-order valence-corrected chi connectivity index (χ3v) is 6.03. The lowest BCUT2D eigenvalue weighted by atomic mass is 9.96. The topological polar surface area (TPSA) is 80.5 Å². The predicted octanol–water partition coefficient (Wildman–Crippen LogP) is 1.60. The van der Waals surface area contributed by atoms with E-state index in [1.54, 1.807) is 24.3 Å². The fraction of sp³-hybridized carbons (Fsp3) is 0.235. The number of nitrogens with zero attached hydrogens (tertiary/aromatic N) is 1. The van der Waals surface area contributed by atoms with Crippen LogP contribution in [0, 0.1) is 6.92 Å². The van der Waals surface area contributed by atoms with E-state index in [-0.39, 0.29) is 11.4 Å². The maximum absolute atomic E-state index is 12.9. The summed E-state index contributed by atoms with van der Waals surface area (Å²) in [5, 5.41) is 0. The highest BCUT2D eigenvalue weighted by molar-refractivity contribution is 7.89. The first-order valence-corrected chi connectivity index (χ1v) is 8.78. The minimum absolute atomic E-state index is 0.153. The van der Waals surface area contributed by atoms with Crippen molar-refractivity contribution in [2.45, 2.75) is 30.8 Å². The van der Waals surface area contributed by atoms with E-state index in [1.165, 1.54) is 4.31 Å². The van der Waals surface area contributed by atoms with E-state index in [4.69, 9.17) is 5.73 Å². The molecule has 1 atom stereocenters. The van der Waals surface area contributed by atoms with Gasteiger partial charge >= 0.3 is 0 Å². The first-order valence-electron chi connectivity index (χ1n) is 7.34. The van der Waals surface area contributed by atoms with E-state index < -0.39 is 22.0 Å². The maximum atomic E-state index is 12.9. The van der Waals surface area contributed by atoms with E-state index in [1.807, 2.05) is 31.2 Å². The maximum Gasteiger partial charge on any atom is 0.244 e. The number of sulfonamides is 1. The normalized spacial score (nSPS) is 18.4. The van der Waals surface area contributed by atoms with Crippen molar-refractivity contribution in [2.75, 3.05) is 0 Å². The zero-order chi connectivity index (χ0) is 16.6. The molecule has 0 aromatic heterocycles. The number of benzene rings is 2. The lowest BCUT2D eigenvalue weighted by Gasteiger charge is -2.34. The van der Waals surface area contributed by atoms with E-state index in [0.29, 0.717) is 6.42 Å². The molecule has 6 heteroatoms. The van der Waals surface area contributed by atoms with Gasteiger partial charge in [-0.25, -0.2) is 8.42 Å². The molecule has 0 bridgehead atoms. The van der Waals surface area contributed by atoms with Gasteiger partial charge in [0.2, 0.25) is 15.9 Å². The summed E-state index contributed by atoms with van der Waals surface area (Å²) in [4.78, 5) is 12.0. The molecule has 0 unspecified atom stereocenters. The Morgan fingerprint density at radius 1 is 1.09 bits per heavy atom. The lowest BCUT2D eigenvalue weighted by molar-refractivity contribution is -0.122. The van der Waals surface area contributed by atoms with Crippen LogP contribution in [0.2, 0.25) is 0 Å². The molecule has 0 radical (unpaired) electrons. The molecule has 23 heavy (non-hydrogen) atoms. The van der Waals surface area contributed by atoms with Crippen molar-refractivity contribution >= 4 is 15.9 Å². The van der Waals surface area contributed by atoms with Gasteiger partial charge in [-0.05, 0) is 36.6 Å². The monoisotopic (exact) mass is 330 g/mol. The summed E-state index contributed by atoms with van der Waals surface area (Å²) >= 11 is 0. The fourth-order valence-corrected chi connectivity index (χ4v) is 4.41. The van der Waals surface area contributed by atoms with Gasteiger partial charge in [-0.15, -0.1) is 0 Å². The highest BCUT2D eigenvalue weighted by Gasteiger charge is 2.38. The predicted molar refractivity (Wildman–Crippen MR) is 87.0 cm³/mol. The van der Waals surface area contributed by atoms with E-state index in [0.717, 1.165) is 16.7 Å². The van der Waals surface area contributed by atoms with Crippen LogP contribution in [0.3, 0.4) is 0 Å². The van der Waals surface area contributed by atoms with Crippen molar-refractivity contribution in [3.8, 4) is 0 Å². The Bertz CT molecular complexity index is 844. The third-order valence-electron chi connectivity index (χ3n) is 4.16. The first kappa shape index (κ1) is 15.7. The van der Waals surface area contributed by atoms with Gasteiger partial charge in [-0.3, -0.25) is 4.79 Å². The standard InChI is InChI=1S/C17H18N2O3S/c1-12-6-8-15(9-7-12)23(21,22)19-11-14-5-3-2-4-13(14)10-16(19)17(18)20/h2-9,16H,10-11H2,1H3,(H2,18,20)/t16-/m1/s1. The first-order chi connectivity index (χ1) is 10.9. The number of aryl methyl sites for hydroxylation is 1. The van der Waals surface area contributed by atoms with E-state index in [9.17, 15) is 13.2 Å². The van der Waals surface area contributed by atoms with Crippen molar-refractivity contribution < 1.29 is 13.2 Å². The summed E-state index contributed by atoms with van der Waals surface area (Å²) in [6.45, 7) is 2.04. The van der Waals surface area contributed by atoms with Crippen LogP contribution in [0.15, 0.2) is 53.4 Å². The molecule has 2 N–H and O–H groups in total. The Morgan fingerprint density at radius 3 is 2.30 bits per heavy atom. The van der Waals surface area contributed by atoms with Crippen LogP contribution in [0.1, 0.15) is 16.7 Å². The van der Waals surface area contributed by atoms with Crippen LogP contribution in [-0.4, -0.2) is 24.7 Å². The van der Waals surface area contributed by atoms with Crippen molar-refractivity contribution in [3.63, 3.8) is 0 Å². The van der Waals surface area contributed by atoms with Crippen LogP contribution in [-0.2, 0) is 27.8 Å². The van der Waals surface area contributed by atoms with Gasteiger partial charge in [0.15, 0.2) is 0 Å². The SMILES string of the molecule is Cc1ccc(S(=O)(=O)N2Cc3ccccc3C[C@@H]2C(N)=O)cc1. The Morgan fingerprint density at radius 2 is 1.70 bits per heavy atom. The highest BCUT2D eigenvalue weighted by Crippen LogP contribution is 2.29. The second-order valence-corrected chi connectivity index (χ2v) is 7.64. The molecule has 1 amide bonds. The molecule has 120 valence electrons. The van der Waals surface area contributed by atoms with Crippen LogP contribution in [0.4, 0.5) is 0 Å². The molecule has 0 fully saturated rings. The summed E-state index contributed by atoms with van der Waals surface area (Å²) in [6, 6.07) is 13.3. The van der Waals surface area contributed by atoms with Crippen LogP contribution in [0.5, 0.6) is 0 Å². The highest BCUT2D eigenvalue weighted by atomic mass is 32.2.